The number of fused-ring (bicyclic) bond motifs is 1. The fourth-order valence-electron chi connectivity index (χ4n) is 4.88. The topological polar surface area (TPSA) is 110 Å². The molecule has 1 fully saturated rings. The third-order valence-corrected chi connectivity index (χ3v) is 6.80. The van der Waals surface area contributed by atoms with E-state index < -0.39 is 4.92 Å². The predicted octanol–water partition coefficient (Wildman–Crippen LogP) is 4.47. The number of rotatable bonds is 5. The van der Waals surface area contributed by atoms with E-state index in [-0.39, 0.29) is 29.4 Å². The van der Waals surface area contributed by atoms with E-state index in [0.717, 1.165) is 11.4 Å². The zero-order valence-electron chi connectivity index (χ0n) is 19.9. The standard InChI is InChI=1S/C27H26N4O5/c1-18-6-9-23(27(33)30-16-20-4-2-3-5-21(20)17-30)26(28-18)19-12-14-29(15-13-19)24(32)10-7-22-8-11-25(36-22)31(34)35/h2-11,19H,12-17H2,1H3. The molecule has 0 spiro atoms. The third kappa shape index (κ3) is 4.77. The van der Waals surface area contributed by atoms with Crippen LogP contribution in [0, 0.1) is 17.0 Å². The molecule has 0 N–H and O–H groups in total. The summed E-state index contributed by atoms with van der Waals surface area (Å²) in [4.78, 5) is 44.6. The van der Waals surface area contributed by atoms with Crippen LogP contribution < -0.4 is 0 Å². The van der Waals surface area contributed by atoms with E-state index in [4.69, 9.17) is 9.40 Å². The van der Waals surface area contributed by atoms with E-state index in [1.807, 2.05) is 36.1 Å². The van der Waals surface area contributed by atoms with Crippen molar-refractivity contribution in [2.45, 2.75) is 38.8 Å². The number of hydrogen-bond acceptors (Lipinski definition) is 6. The Hall–Kier alpha value is -4.27. The van der Waals surface area contributed by atoms with Gasteiger partial charge >= 0.3 is 5.88 Å². The van der Waals surface area contributed by atoms with Crippen molar-refractivity contribution in [1.29, 1.82) is 0 Å². The van der Waals surface area contributed by atoms with Crippen LogP contribution in [0.5, 0.6) is 0 Å². The molecule has 9 heteroatoms. The highest BCUT2D eigenvalue weighted by molar-refractivity contribution is 5.96. The number of nitrogens with zero attached hydrogens (tertiary/aromatic N) is 4. The second kappa shape index (κ2) is 9.77. The molecular formula is C27H26N4O5. The van der Waals surface area contributed by atoms with E-state index in [0.29, 0.717) is 44.6 Å². The van der Waals surface area contributed by atoms with Crippen molar-refractivity contribution in [3.05, 3.63) is 98.6 Å². The van der Waals surface area contributed by atoms with Gasteiger partial charge < -0.3 is 14.2 Å². The summed E-state index contributed by atoms with van der Waals surface area (Å²) in [6.45, 7) is 4.18. The normalized spacial score (nSPS) is 15.9. The number of furan rings is 1. The first-order valence-corrected chi connectivity index (χ1v) is 11.9. The monoisotopic (exact) mass is 486 g/mol. The van der Waals surface area contributed by atoms with Crippen LogP contribution in [0.1, 0.15) is 57.4 Å². The molecule has 0 unspecified atom stereocenters. The summed E-state index contributed by atoms with van der Waals surface area (Å²) in [7, 11) is 0. The lowest BCUT2D eigenvalue weighted by Gasteiger charge is -2.32. The summed E-state index contributed by atoms with van der Waals surface area (Å²) < 4.78 is 5.07. The van der Waals surface area contributed by atoms with Crippen molar-refractivity contribution in [2.24, 2.45) is 0 Å². The molecule has 0 aliphatic carbocycles. The van der Waals surface area contributed by atoms with Crippen molar-refractivity contribution in [3.63, 3.8) is 0 Å². The van der Waals surface area contributed by atoms with Gasteiger partial charge in [0.2, 0.25) is 5.91 Å². The average molecular weight is 487 g/mol. The van der Waals surface area contributed by atoms with Crippen LogP contribution in [0.3, 0.4) is 0 Å². The fraction of sp³-hybridized carbons (Fsp3) is 0.296. The van der Waals surface area contributed by atoms with Crippen LogP contribution in [0.25, 0.3) is 6.08 Å². The number of likely N-dealkylation sites (tertiary alicyclic amines) is 1. The van der Waals surface area contributed by atoms with Crippen LogP contribution in [0.4, 0.5) is 5.88 Å². The first kappa shape index (κ1) is 23.5. The molecule has 5 rings (SSSR count). The number of benzene rings is 1. The molecule has 2 aliphatic heterocycles. The van der Waals surface area contributed by atoms with Crippen LogP contribution in [-0.2, 0) is 17.9 Å². The minimum absolute atomic E-state index is 0.0114. The number of piperidine rings is 1. The molecule has 4 heterocycles. The van der Waals surface area contributed by atoms with Gasteiger partial charge in [-0.2, -0.15) is 0 Å². The summed E-state index contributed by atoms with van der Waals surface area (Å²) >= 11 is 0. The van der Waals surface area contributed by atoms with E-state index in [1.165, 1.54) is 35.4 Å². The minimum Gasteiger partial charge on any atom is -0.401 e. The summed E-state index contributed by atoms with van der Waals surface area (Å²) in [5, 5.41) is 10.7. The van der Waals surface area contributed by atoms with Crippen LogP contribution in [0.15, 0.2) is 59.0 Å². The summed E-state index contributed by atoms with van der Waals surface area (Å²) in [5.74, 6) is -0.231. The quantitative estimate of drug-likeness (QED) is 0.299. The van der Waals surface area contributed by atoms with Crippen molar-refractivity contribution < 1.29 is 18.9 Å². The molecule has 3 aromatic rings. The molecule has 1 aromatic carbocycles. The first-order chi connectivity index (χ1) is 17.4. The van der Waals surface area contributed by atoms with Gasteiger partial charge in [-0.15, -0.1) is 0 Å². The Balaban J connectivity index is 1.25. The number of amides is 2. The van der Waals surface area contributed by atoms with Crippen molar-refractivity contribution in [3.8, 4) is 0 Å². The molecule has 2 aliphatic rings. The Morgan fingerprint density at radius 2 is 1.72 bits per heavy atom. The van der Waals surface area contributed by atoms with Crippen molar-refractivity contribution in [2.75, 3.05) is 13.1 Å². The molecule has 0 radical (unpaired) electrons. The van der Waals surface area contributed by atoms with Crippen LogP contribution in [0.2, 0.25) is 0 Å². The van der Waals surface area contributed by atoms with Crippen molar-refractivity contribution in [1.82, 2.24) is 14.8 Å². The van der Waals surface area contributed by atoms with Gasteiger partial charge in [0.1, 0.15) is 10.7 Å². The van der Waals surface area contributed by atoms with E-state index in [2.05, 4.69) is 12.1 Å². The summed E-state index contributed by atoms with van der Waals surface area (Å²) in [6.07, 6.45) is 4.20. The number of nitro groups is 1. The van der Waals surface area contributed by atoms with Gasteiger partial charge in [0.15, 0.2) is 0 Å². The van der Waals surface area contributed by atoms with Crippen LogP contribution >= 0.6 is 0 Å². The predicted molar refractivity (Wildman–Crippen MR) is 132 cm³/mol. The number of aromatic nitrogens is 1. The fourth-order valence-corrected chi connectivity index (χ4v) is 4.88. The highest BCUT2D eigenvalue weighted by Crippen LogP contribution is 2.32. The smallest absolute Gasteiger partial charge is 0.401 e. The molecule has 9 nitrogen and oxygen atoms in total. The maximum atomic E-state index is 13.5. The Morgan fingerprint density at radius 1 is 1.03 bits per heavy atom. The Bertz CT molecular complexity index is 1330. The van der Waals surface area contributed by atoms with Gasteiger partial charge in [-0.25, -0.2) is 0 Å². The van der Waals surface area contributed by atoms with E-state index in [1.54, 1.807) is 4.90 Å². The summed E-state index contributed by atoms with van der Waals surface area (Å²) in [5.41, 5.74) is 4.66. The maximum Gasteiger partial charge on any atom is 0.433 e. The second-order valence-corrected chi connectivity index (χ2v) is 9.18. The van der Waals surface area contributed by atoms with Gasteiger partial charge in [0, 0.05) is 43.9 Å². The molecule has 2 amide bonds. The van der Waals surface area contributed by atoms with Gasteiger partial charge in [-0.05, 0) is 55.2 Å². The maximum absolute atomic E-state index is 13.5. The van der Waals surface area contributed by atoms with Gasteiger partial charge in [0.05, 0.1) is 17.3 Å². The molecule has 1 saturated heterocycles. The second-order valence-electron chi connectivity index (χ2n) is 9.18. The zero-order valence-corrected chi connectivity index (χ0v) is 19.9. The van der Waals surface area contributed by atoms with Gasteiger partial charge in [0.25, 0.3) is 5.91 Å². The molecule has 184 valence electrons. The number of hydrogen-bond donors (Lipinski definition) is 0. The lowest BCUT2D eigenvalue weighted by atomic mass is 9.89. The van der Waals surface area contributed by atoms with E-state index in [9.17, 15) is 19.7 Å². The molecule has 0 bridgehead atoms. The molecule has 0 saturated carbocycles. The Morgan fingerprint density at radius 3 is 2.36 bits per heavy atom. The Labute approximate surface area is 208 Å². The lowest BCUT2D eigenvalue weighted by Crippen LogP contribution is -2.37. The minimum atomic E-state index is -0.620. The van der Waals surface area contributed by atoms with E-state index >= 15 is 0 Å². The molecule has 36 heavy (non-hydrogen) atoms. The summed E-state index contributed by atoms with van der Waals surface area (Å²) in [6, 6.07) is 14.6. The number of pyridine rings is 1. The Kier molecular flexibility index (Phi) is 6.37. The van der Waals surface area contributed by atoms with Crippen LogP contribution in [-0.4, -0.2) is 44.6 Å². The molecular weight excluding hydrogens is 460 g/mol. The number of carbonyl (C=O) groups is 2. The van der Waals surface area contributed by atoms with Crippen molar-refractivity contribution >= 4 is 23.8 Å². The largest absolute Gasteiger partial charge is 0.433 e. The van der Waals surface area contributed by atoms with Gasteiger partial charge in [-0.3, -0.25) is 24.7 Å². The zero-order chi connectivity index (χ0) is 25.2. The first-order valence-electron chi connectivity index (χ1n) is 11.9. The SMILES string of the molecule is Cc1ccc(C(=O)N2Cc3ccccc3C2)c(C2CCN(C(=O)C=Cc3ccc([N+](=O)[O-])o3)CC2)n1. The third-order valence-electron chi connectivity index (χ3n) is 6.80. The number of carbonyl (C=O) groups excluding carboxylic acids is 2. The molecule has 0 atom stereocenters. The highest BCUT2D eigenvalue weighted by Gasteiger charge is 2.30. The lowest BCUT2D eigenvalue weighted by molar-refractivity contribution is -0.402. The molecule has 2 aromatic heterocycles. The highest BCUT2D eigenvalue weighted by atomic mass is 16.6. The average Bonchev–Trinajstić information content (AvgIpc) is 3.54. The van der Waals surface area contributed by atoms with Gasteiger partial charge in [-0.1, -0.05) is 24.3 Å². The number of aryl methyl sites for hydroxylation is 1.